The third-order valence-corrected chi connectivity index (χ3v) is 10.0. The van der Waals surface area contributed by atoms with Crippen LogP contribution in [0.4, 0.5) is 0 Å². The van der Waals surface area contributed by atoms with Gasteiger partial charge >= 0.3 is 5.97 Å². The highest BCUT2D eigenvalue weighted by molar-refractivity contribution is 6.74. The molecule has 0 aliphatic carbocycles. The van der Waals surface area contributed by atoms with Crippen molar-refractivity contribution in [1.29, 1.82) is 0 Å². The first-order chi connectivity index (χ1) is 14.2. The molecule has 3 aromatic rings. The largest absolute Gasteiger partial charge is 0.539 e. The van der Waals surface area contributed by atoms with Crippen molar-refractivity contribution < 1.29 is 14.0 Å². The number of ether oxygens (including phenoxy) is 1. The molecule has 0 saturated heterocycles. The number of hydrogen-bond acceptors (Lipinski definition) is 3. The molecule has 0 aliphatic heterocycles. The van der Waals surface area contributed by atoms with Gasteiger partial charge in [-0.25, -0.2) is 4.79 Å². The molecule has 0 aliphatic rings. The Bertz CT molecular complexity index is 1040. The minimum atomic E-state index is -2.23. The molecule has 0 radical (unpaired) electrons. The fraction of sp³-hybridized carbons (Fsp3) is 0.269. The van der Waals surface area contributed by atoms with Crippen molar-refractivity contribution >= 4 is 31.1 Å². The highest BCUT2D eigenvalue weighted by Gasteiger charge is 2.40. The molecule has 30 heavy (non-hydrogen) atoms. The fourth-order valence-corrected chi connectivity index (χ4v) is 3.87. The van der Waals surface area contributed by atoms with Crippen molar-refractivity contribution in [3.8, 4) is 0 Å². The molecule has 0 aromatic heterocycles. The van der Waals surface area contributed by atoms with Crippen LogP contribution in [0.5, 0.6) is 0 Å². The highest BCUT2D eigenvalue weighted by atomic mass is 28.4. The molecule has 3 aromatic carbocycles. The van der Waals surface area contributed by atoms with E-state index in [1.807, 2.05) is 60.7 Å². The zero-order valence-corrected chi connectivity index (χ0v) is 19.4. The van der Waals surface area contributed by atoms with Crippen molar-refractivity contribution in [2.75, 3.05) is 0 Å². The molecule has 156 valence electrons. The van der Waals surface area contributed by atoms with E-state index in [0.29, 0.717) is 0 Å². The molecule has 0 saturated carbocycles. The molecule has 0 unspecified atom stereocenters. The predicted octanol–water partition coefficient (Wildman–Crippen LogP) is 6.95. The first kappa shape index (κ1) is 21.8. The number of rotatable bonds is 6. The van der Waals surface area contributed by atoms with Gasteiger partial charge < -0.3 is 9.16 Å². The molecule has 3 nitrogen and oxygen atoms in total. The van der Waals surface area contributed by atoms with Crippen LogP contribution >= 0.6 is 0 Å². The number of benzene rings is 3. The summed E-state index contributed by atoms with van der Waals surface area (Å²) in [5.74, 6) is -0.162. The Kier molecular flexibility index (Phi) is 6.47. The molecule has 4 heteroatoms. The van der Waals surface area contributed by atoms with E-state index < -0.39 is 14.3 Å². The first-order valence-electron chi connectivity index (χ1n) is 10.3. The summed E-state index contributed by atoms with van der Waals surface area (Å²) in [4.78, 5) is 13.1. The number of carbonyl (C=O) groups is 1. The van der Waals surface area contributed by atoms with Gasteiger partial charge in [-0.15, -0.1) is 0 Å². The second kappa shape index (κ2) is 8.88. The van der Waals surface area contributed by atoms with Gasteiger partial charge in [-0.05, 0) is 46.1 Å². The third kappa shape index (κ3) is 5.19. The first-order valence-corrected chi connectivity index (χ1v) is 13.2. The average molecular weight is 419 g/mol. The quantitative estimate of drug-likeness (QED) is 0.188. The summed E-state index contributed by atoms with van der Waals surface area (Å²) >= 11 is 0. The van der Waals surface area contributed by atoms with Crippen LogP contribution in [-0.4, -0.2) is 14.3 Å². The van der Waals surface area contributed by atoms with Crippen LogP contribution in [0.1, 0.15) is 31.9 Å². The van der Waals surface area contributed by atoms with E-state index in [-0.39, 0.29) is 17.4 Å². The third-order valence-electron chi connectivity index (χ3n) is 5.70. The summed E-state index contributed by atoms with van der Waals surface area (Å²) in [5, 5.41) is 2.16. The normalized spacial score (nSPS) is 12.6. The molecular formula is C26H30O3Si. The van der Waals surface area contributed by atoms with E-state index in [1.165, 1.54) is 0 Å². The highest BCUT2D eigenvalue weighted by Crippen LogP contribution is 2.38. The lowest BCUT2D eigenvalue weighted by Crippen LogP contribution is -2.41. The lowest BCUT2D eigenvalue weighted by molar-refractivity contribution is -0.142. The van der Waals surface area contributed by atoms with Gasteiger partial charge in [-0.3, -0.25) is 0 Å². The van der Waals surface area contributed by atoms with E-state index in [1.54, 1.807) is 0 Å². The number of esters is 1. The maximum Gasteiger partial charge on any atom is 0.372 e. The summed E-state index contributed by atoms with van der Waals surface area (Å²) in [7, 11) is -2.23. The predicted molar refractivity (Wildman–Crippen MR) is 126 cm³/mol. The molecule has 0 N–H and O–H groups in total. The monoisotopic (exact) mass is 418 g/mol. The topological polar surface area (TPSA) is 35.5 Å². The van der Waals surface area contributed by atoms with Gasteiger partial charge in [0, 0.05) is 0 Å². The van der Waals surface area contributed by atoms with Crippen LogP contribution in [0.3, 0.4) is 0 Å². The Morgan fingerprint density at radius 1 is 0.900 bits per heavy atom. The van der Waals surface area contributed by atoms with Crippen molar-refractivity contribution in [3.05, 3.63) is 89.7 Å². The van der Waals surface area contributed by atoms with Crippen LogP contribution in [0.25, 0.3) is 16.8 Å². The SMILES string of the molecule is CC(C)(C)[Si](C)(C)O/C(=C/c1cccc2ccccc12)C(=O)OCc1ccccc1. The molecule has 0 bridgehead atoms. The lowest BCUT2D eigenvalue weighted by atomic mass is 10.0. The Hall–Kier alpha value is -2.85. The summed E-state index contributed by atoms with van der Waals surface area (Å²) in [5.41, 5.74) is 1.89. The van der Waals surface area contributed by atoms with Gasteiger partial charge in [0.2, 0.25) is 0 Å². The molecule has 0 spiro atoms. The second-order valence-corrected chi connectivity index (χ2v) is 13.7. The maximum atomic E-state index is 13.1. The van der Waals surface area contributed by atoms with E-state index in [2.05, 4.69) is 52.1 Å². The Morgan fingerprint density at radius 3 is 2.23 bits per heavy atom. The van der Waals surface area contributed by atoms with Gasteiger partial charge in [0.25, 0.3) is 8.32 Å². The molecule has 0 atom stereocenters. The summed E-state index contributed by atoms with van der Waals surface area (Å²) in [6, 6.07) is 23.9. The van der Waals surface area contributed by atoms with Crippen molar-refractivity contribution in [3.63, 3.8) is 0 Å². The van der Waals surface area contributed by atoms with Gasteiger partial charge in [0.15, 0.2) is 5.76 Å². The van der Waals surface area contributed by atoms with E-state index in [0.717, 1.165) is 21.9 Å². The minimum Gasteiger partial charge on any atom is -0.539 e. The van der Waals surface area contributed by atoms with Crippen molar-refractivity contribution in [2.45, 2.75) is 45.5 Å². The van der Waals surface area contributed by atoms with Crippen LogP contribution in [0.2, 0.25) is 18.1 Å². The van der Waals surface area contributed by atoms with Crippen molar-refractivity contribution in [2.24, 2.45) is 0 Å². The van der Waals surface area contributed by atoms with Gasteiger partial charge in [0.1, 0.15) is 6.61 Å². The Labute approximate surface area is 180 Å². The molecule has 3 rings (SSSR count). The Morgan fingerprint density at radius 2 is 1.53 bits per heavy atom. The van der Waals surface area contributed by atoms with E-state index in [9.17, 15) is 4.79 Å². The molecule has 0 amide bonds. The Balaban J connectivity index is 1.96. The summed E-state index contributed by atoms with van der Waals surface area (Å²) in [6.07, 6.45) is 1.83. The number of carbonyl (C=O) groups excluding carboxylic acids is 1. The van der Waals surface area contributed by atoms with Crippen LogP contribution in [0, 0.1) is 0 Å². The zero-order valence-electron chi connectivity index (χ0n) is 18.4. The number of fused-ring (bicyclic) bond motifs is 1. The van der Waals surface area contributed by atoms with Gasteiger partial charge in [-0.1, -0.05) is 93.6 Å². The average Bonchev–Trinajstić information content (AvgIpc) is 2.71. The lowest BCUT2D eigenvalue weighted by Gasteiger charge is -2.36. The molecular weight excluding hydrogens is 388 g/mol. The van der Waals surface area contributed by atoms with Crippen LogP contribution < -0.4 is 0 Å². The molecule has 0 heterocycles. The summed E-state index contributed by atoms with van der Waals surface area (Å²) in [6.45, 7) is 11.0. The van der Waals surface area contributed by atoms with E-state index >= 15 is 0 Å². The standard InChI is InChI=1S/C26H30O3Si/c1-26(2,3)30(4,5)29-24(25(27)28-19-20-12-7-6-8-13-20)18-22-16-11-15-21-14-9-10-17-23(21)22/h6-18H,19H2,1-5H3/b24-18+. The maximum absolute atomic E-state index is 13.1. The van der Waals surface area contributed by atoms with E-state index in [4.69, 9.17) is 9.16 Å². The van der Waals surface area contributed by atoms with Gasteiger partial charge in [0.05, 0.1) is 0 Å². The number of hydrogen-bond donors (Lipinski definition) is 0. The molecule has 0 fully saturated rings. The zero-order chi connectivity index (χ0) is 21.8. The van der Waals surface area contributed by atoms with Crippen LogP contribution in [-0.2, 0) is 20.6 Å². The summed E-state index contributed by atoms with van der Waals surface area (Å²) < 4.78 is 12.1. The van der Waals surface area contributed by atoms with Crippen LogP contribution in [0.15, 0.2) is 78.6 Å². The van der Waals surface area contributed by atoms with Crippen molar-refractivity contribution in [1.82, 2.24) is 0 Å². The second-order valence-electron chi connectivity index (χ2n) is 9.00. The smallest absolute Gasteiger partial charge is 0.372 e. The fourth-order valence-electron chi connectivity index (χ4n) is 2.87. The minimum absolute atomic E-state index is 0.0371. The van der Waals surface area contributed by atoms with Gasteiger partial charge in [-0.2, -0.15) is 0 Å².